The maximum atomic E-state index is 5.75. The maximum absolute atomic E-state index is 5.75. The lowest BCUT2D eigenvalue weighted by molar-refractivity contribution is 0.00729. The topological polar surface area (TPSA) is 9.23 Å². The average Bonchev–Trinajstić information content (AvgIpc) is 2.08. The molecule has 1 nitrogen and oxygen atoms in total. The van der Waals surface area contributed by atoms with E-state index in [0.29, 0.717) is 17.6 Å². The van der Waals surface area contributed by atoms with E-state index in [0.717, 1.165) is 0 Å². The first-order valence-corrected chi connectivity index (χ1v) is 4.65. The Labute approximate surface area is 70.1 Å². The van der Waals surface area contributed by atoms with Crippen LogP contribution in [-0.2, 0) is 4.74 Å². The van der Waals surface area contributed by atoms with Crippen molar-refractivity contribution < 1.29 is 4.74 Å². The summed E-state index contributed by atoms with van der Waals surface area (Å²) in [4.78, 5) is 0. The Morgan fingerprint density at radius 3 is 2.36 bits per heavy atom. The van der Waals surface area contributed by atoms with Crippen LogP contribution in [0.5, 0.6) is 0 Å². The van der Waals surface area contributed by atoms with Gasteiger partial charge in [-0.3, -0.25) is 0 Å². The first kappa shape index (κ1) is 9.05. The van der Waals surface area contributed by atoms with Crippen molar-refractivity contribution in [2.24, 2.45) is 5.41 Å². The molecule has 0 heterocycles. The van der Waals surface area contributed by atoms with E-state index in [1.54, 1.807) is 0 Å². The highest BCUT2D eigenvalue weighted by Gasteiger charge is 2.31. The van der Waals surface area contributed by atoms with Gasteiger partial charge in [0.15, 0.2) is 0 Å². The summed E-state index contributed by atoms with van der Waals surface area (Å²) in [6.07, 6.45) is 4.75. The summed E-state index contributed by atoms with van der Waals surface area (Å²) in [5.41, 5.74) is 0.527. The predicted molar refractivity (Wildman–Crippen MR) is 47.6 cm³/mol. The van der Waals surface area contributed by atoms with Crippen LogP contribution in [0.15, 0.2) is 0 Å². The van der Waals surface area contributed by atoms with Crippen molar-refractivity contribution in [1.82, 2.24) is 0 Å². The first-order valence-electron chi connectivity index (χ1n) is 4.65. The highest BCUT2D eigenvalue weighted by atomic mass is 16.5. The van der Waals surface area contributed by atoms with Crippen molar-refractivity contribution in [3.05, 3.63) is 0 Å². The molecule has 1 rings (SSSR count). The van der Waals surface area contributed by atoms with Gasteiger partial charge in [-0.15, -0.1) is 0 Å². The monoisotopic (exact) mass is 156 g/mol. The summed E-state index contributed by atoms with van der Waals surface area (Å²) < 4.78 is 5.75. The molecule has 0 aromatic rings. The molecule has 0 radical (unpaired) electrons. The minimum Gasteiger partial charge on any atom is -0.376 e. The molecule has 0 saturated heterocycles. The second-order valence-electron chi connectivity index (χ2n) is 4.71. The molecule has 0 amide bonds. The Balaban J connectivity index is 2.31. The Kier molecular flexibility index (Phi) is 2.58. The second-order valence-corrected chi connectivity index (χ2v) is 4.71. The van der Waals surface area contributed by atoms with Gasteiger partial charge in [-0.25, -0.2) is 0 Å². The molecule has 0 aromatic heterocycles. The van der Waals surface area contributed by atoms with Crippen molar-refractivity contribution in [2.45, 2.75) is 59.2 Å². The fourth-order valence-electron chi connectivity index (χ4n) is 1.87. The third kappa shape index (κ3) is 2.82. The number of hydrogen-bond acceptors (Lipinski definition) is 1. The minimum absolute atomic E-state index is 0.397. The van der Waals surface area contributed by atoms with Crippen molar-refractivity contribution in [3.63, 3.8) is 0 Å². The van der Waals surface area contributed by atoms with E-state index in [2.05, 4.69) is 27.7 Å². The molecule has 11 heavy (non-hydrogen) atoms. The van der Waals surface area contributed by atoms with Crippen LogP contribution in [0.1, 0.15) is 47.0 Å². The smallest absolute Gasteiger partial charge is 0.0583 e. The molecule has 1 heteroatoms. The molecule has 1 aliphatic carbocycles. The Bertz CT molecular complexity index is 127. The third-order valence-electron chi connectivity index (χ3n) is 2.39. The molecule has 0 N–H and O–H groups in total. The average molecular weight is 156 g/mol. The first-order chi connectivity index (χ1) is 4.99. The summed E-state index contributed by atoms with van der Waals surface area (Å²) in [6.45, 7) is 8.89. The van der Waals surface area contributed by atoms with Crippen LogP contribution < -0.4 is 0 Å². The van der Waals surface area contributed by atoms with Gasteiger partial charge < -0.3 is 4.74 Å². The Hall–Kier alpha value is -0.0400. The molecule has 1 aliphatic rings. The van der Waals surface area contributed by atoms with Gasteiger partial charge in [-0.2, -0.15) is 0 Å². The molecule has 66 valence electrons. The van der Waals surface area contributed by atoms with E-state index in [1.165, 1.54) is 19.3 Å². The van der Waals surface area contributed by atoms with E-state index >= 15 is 0 Å². The van der Waals surface area contributed by atoms with E-state index in [9.17, 15) is 0 Å². The fraction of sp³-hybridized carbons (Fsp3) is 1.00. The molecule has 1 atom stereocenters. The van der Waals surface area contributed by atoms with Gasteiger partial charge in [0.1, 0.15) is 0 Å². The van der Waals surface area contributed by atoms with Gasteiger partial charge in [0, 0.05) is 0 Å². The highest BCUT2D eigenvalue weighted by molar-refractivity contribution is 4.82. The third-order valence-corrected chi connectivity index (χ3v) is 2.39. The normalized spacial score (nSPS) is 29.7. The lowest BCUT2D eigenvalue weighted by atomic mass is 9.92. The summed E-state index contributed by atoms with van der Waals surface area (Å²) in [5, 5.41) is 0. The van der Waals surface area contributed by atoms with Gasteiger partial charge in [-0.1, -0.05) is 13.8 Å². The zero-order chi connectivity index (χ0) is 8.48. The van der Waals surface area contributed by atoms with Gasteiger partial charge in [-0.05, 0) is 38.5 Å². The van der Waals surface area contributed by atoms with Crippen molar-refractivity contribution in [2.75, 3.05) is 0 Å². The molecular formula is C10H20O. The van der Waals surface area contributed by atoms with Crippen LogP contribution in [0.3, 0.4) is 0 Å². The van der Waals surface area contributed by atoms with Crippen LogP contribution in [0.4, 0.5) is 0 Å². The standard InChI is InChI=1S/C10H20O/c1-8(2)11-9-5-6-10(3,4)7-9/h8-9H,5-7H2,1-4H3. The van der Waals surface area contributed by atoms with Gasteiger partial charge in [0.25, 0.3) is 0 Å². The number of hydrogen-bond donors (Lipinski definition) is 0. The van der Waals surface area contributed by atoms with E-state index < -0.39 is 0 Å². The van der Waals surface area contributed by atoms with Crippen LogP contribution in [-0.4, -0.2) is 12.2 Å². The Morgan fingerprint density at radius 1 is 1.36 bits per heavy atom. The maximum Gasteiger partial charge on any atom is 0.0583 e. The van der Waals surface area contributed by atoms with Crippen LogP contribution in [0.2, 0.25) is 0 Å². The number of rotatable bonds is 2. The molecule has 1 saturated carbocycles. The predicted octanol–water partition coefficient (Wildman–Crippen LogP) is 2.99. The Morgan fingerprint density at radius 2 is 2.00 bits per heavy atom. The second kappa shape index (κ2) is 3.14. The molecule has 0 spiro atoms. The SMILES string of the molecule is CC(C)OC1CCC(C)(C)C1. The molecule has 1 unspecified atom stereocenters. The fourth-order valence-corrected chi connectivity index (χ4v) is 1.87. The van der Waals surface area contributed by atoms with E-state index in [4.69, 9.17) is 4.74 Å². The van der Waals surface area contributed by atoms with Crippen molar-refractivity contribution >= 4 is 0 Å². The summed E-state index contributed by atoms with van der Waals surface area (Å²) in [6, 6.07) is 0. The summed E-state index contributed by atoms with van der Waals surface area (Å²) >= 11 is 0. The highest BCUT2D eigenvalue weighted by Crippen LogP contribution is 2.38. The largest absolute Gasteiger partial charge is 0.376 e. The van der Waals surface area contributed by atoms with Gasteiger partial charge >= 0.3 is 0 Å². The molecule has 0 aromatic carbocycles. The lowest BCUT2D eigenvalue weighted by Crippen LogP contribution is -2.16. The van der Waals surface area contributed by atoms with Gasteiger partial charge in [0.05, 0.1) is 12.2 Å². The lowest BCUT2D eigenvalue weighted by Gasteiger charge is -2.18. The van der Waals surface area contributed by atoms with E-state index in [-0.39, 0.29) is 0 Å². The molecule has 0 aliphatic heterocycles. The molecular weight excluding hydrogens is 136 g/mol. The zero-order valence-corrected chi connectivity index (χ0v) is 8.18. The summed E-state index contributed by atoms with van der Waals surface area (Å²) in [7, 11) is 0. The molecule has 0 bridgehead atoms. The van der Waals surface area contributed by atoms with Gasteiger partial charge in [0.2, 0.25) is 0 Å². The quantitative estimate of drug-likeness (QED) is 0.597. The van der Waals surface area contributed by atoms with Crippen LogP contribution >= 0.6 is 0 Å². The van der Waals surface area contributed by atoms with Crippen LogP contribution in [0.25, 0.3) is 0 Å². The minimum atomic E-state index is 0.397. The summed E-state index contributed by atoms with van der Waals surface area (Å²) in [5.74, 6) is 0. The van der Waals surface area contributed by atoms with Crippen molar-refractivity contribution in [1.29, 1.82) is 0 Å². The van der Waals surface area contributed by atoms with E-state index in [1.807, 2.05) is 0 Å². The number of ether oxygens (including phenoxy) is 1. The zero-order valence-electron chi connectivity index (χ0n) is 8.18. The van der Waals surface area contributed by atoms with Crippen LogP contribution in [0, 0.1) is 5.41 Å². The van der Waals surface area contributed by atoms with Crippen molar-refractivity contribution in [3.8, 4) is 0 Å². The molecule has 1 fully saturated rings.